The highest BCUT2D eigenvalue weighted by molar-refractivity contribution is 7.92. The predicted molar refractivity (Wildman–Crippen MR) is 134 cm³/mol. The molecule has 0 saturated carbocycles. The molecule has 1 heterocycles. The van der Waals surface area contributed by atoms with Gasteiger partial charge in [0.2, 0.25) is 0 Å². The van der Waals surface area contributed by atoms with Gasteiger partial charge in [0, 0.05) is 49.2 Å². The Morgan fingerprint density at radius 1 is 0.912 bits per heavy atom. The maximum Gasteiger partial charge on any atom is 0.262 e. The number of benzene rings is 3. The number of rotatable bonds is 6. The van der Waals surface area contributed by atoms with Gasteiger partial charge in [-0.3, -0.25) is 9.52 Å². The summed E-state index contributed by atoms with van der Waals surface area (Å²) < 4.78 is 33.6. The summed E-state index contributed by atoms with van der Waals surface area (Å²) in [4.78, 5) is 17.3. The molecular weight excluding hydrogens is 450 g/mol. The van der Waals surface area contributed by atoms with Crippen LogP contribution < -0.4 is 14.4 Å². The number of nitrogens with one attached hydrogen (secondary N) is 1. The lowest BCUT2D eigenvalue weighted by Gasteiger charge is -2.36. The number of anilines is 2. The molecule has 0 aromatic heterocycles. The first kappa shape index (κ1) is 23.6. The van der Waals surface area contributed by atoms with Gasteiger partial charge in [-0.2, -0.15) is 0 Å². The number of methoxy groups -OCH3 is 1. The van der Waals surface area contributed by atoms with Gasteiger partial charge in [-0.05, 0) is 67.4 Å². The maximum atomic E-state index is 13.0. The number of carbonyl (C=O) groups excluding carboxylic acids is 1. The van der Waals surface area contributed by atoms with E-state index in [1.165, 1.54) is 0 Å². The summed E-state index contributed by atoms with van der Waals surface area (Å²) in [5.41, 5.74) is 3.58. The van der Waals surface area contributed by atoms with Crippen LogP contribution in [-0.4, -0.2) is 52.5 Å². The number of ether oxygens (including phenoxy) is 1. The fourth-order valence-electron chi connectivity index (χ4n) is 4.05. The van der Waals surface area contributed by atoms with E-state index in [1.54, 1.807) is 50.4 Å². The van der Waals surface area contributed by atoms with Crippen molar-refractivity contribution in [1.29, 1.82) is 0 Å². The molecule has 0 unspecified atom stereocenters. The van der Waals surface area contributed by atoms with Crippen molar-refractivity contribution >= 4 is 27.3 Å². The second-order valence-electron chi connectivity index (χ2n) is 8.43. The number of hydrogen-bond acceptors (Lipinski definition) is 5. The number of hydrogen-bond donors (Lipinski definition) is 1. The van der Waals surface area contributed by atoms with Crippen molar-refractivity contribution in [3.05, 3.63) is 83.4 Å². The van der Waals surface area contributed by atoms with E-state index >= 15 is 0 Å². The molecule has 1 N–H and O–H groups in total. The minimum Gasteiger partial charge on any atom is -0.497 e. The molecule has 0 atom stereocenters. The lowest BCUT2D eigenvalue weighted by atomic mass is 10.1. The summed E-state index contributed by atoms with van der Waals surface area (Å²) in [7, 11) is -2.07. The van der Waals surface area contributed by atoms with Gasteiger partial charge in [0.15, 0.2) is 0 Å². The first-order valence-corrected chi connectivity index (χ1v) is 12.6. The molecule has 178 valence electrons. The van der Waals surface area contributed by atoms with Crippen LogP contribution in [0.15, 0.2) is 71.6 Å². The zero-order valence-corrected chi connectivity index (χ0v) is 20.4. The molecule has 0 spiro atoms. The molecule has 3 aromatic carbocycles. The smallest absolute Gasteiger partial charge is 0.262 e. The van der Waals surface area contributed by atoms with Crippen LogP contribution in [-0.2, 0) is 10.0 Å². The van der Waals surface area contributed by atoms with Crippen molar-refractivity contribution in [2.75, 3.05) is 42.9 Å². The maximum absolute atomic E-state index is 13.0. The SMILES string of the molecule is COc1cccc(N2CCN(C(=O)c3ccc(NS(=O)(=O)c4cc(C)ccc4C)cc3)CC2)c1. The summed E-state index contributed by atoms with van der Waals surface area (Å²) in [6.07, 6.45) is 0. The molecule has 0 radical (unpaired) electrons. The van der Waals surface area contributed by atoms with Crippen LogP contribution in [0.5, 0.6) is 5.75 Å². The number of nitrogens with zero attached hydrogens (tertiary/aromatic N) is 2. The lowest BCUT2D eigenvalue weighted by molar-refractivity contribution is 0.0747. The monoisotopic (exact) mass is 479 g/mol. The van der Waals surface area contributed by atoms with Crippen molar-refractivity contribution in [3.63, 3.8) is 0 Å². The third-order valence-electron chi connectivity index (χ3n) is 6.00. The third kappa shape index (κ3) is 5.17. The zero-order chi connectivity index (χ0) is 24.3. The Balaban J connectivity index is 1.39. The van der Waals surface area contributed by atoms with E-state index in [-0.39, 0.29) is 10.8 Å². The minimum absolute atomic E-state index is 0.0609. The molecule has 0 bridgehead atoms. The second kappa shape index (κ2) is 9.77. The fraction of sp³-hybridized carbons (Fsp3) is 0.269. The Hall–Kier alpha value is -3.52. The Bertz CT molecular complexity index is 1280. The Kier molecular flexibility index (Phi) is 6.79. The molecule has 3 aromatic rings. The first-order valence-electron chi connectivity index (χ1n) is 11.2. The van der Waals surface area contributed by atoms with E-state index in [0.29, 0.717) is 29.9 Å². The average molecular weight is 480 g/mol. The van der Waals surface area contributed by atoms with Gasteiger partial charge >= 0.3 is 0 Å². The van der Waals surface area contributed by atoms with E-state index in [1.807, 2.05) is 42.2 Å². The highest BCUT2D eigenvalue weighted by Crippen LogP contribution is 2.24. The number of sulfonamides is 1. The van der Waals surface area contributed by atoms with Gasteiger partial charge in [-0.1, -0.05) is 18.2 Å². The topological polar surface area (TPSA) is 79.0 Å². The van der Waals surface area contributed by atoms with Gasteiger partial charge in [0.05, 0.1) is 12.0 Å². The normalized spacial score (nSPS) is 14.1. The van der Waals surface area contributed by atoms with Crippen molar-refractivity contribution in [2.45, 2.75) is 18.7 Å². The molecule has 34 heavy (non-hydrogen) atoms. The summed E-state index contributed by atoms with van der Waals surface area (Å²) in [5.74, 6) is 0.749. The Labute approximate surface area is 201 Å². The number of amides is 1. The second-order valence-corrected chi connectivity index (χ2v) is 10.1. The largest absolute Gasteiger partial charge is 0.497 e. The summed E-state index contributed by atoms with van der Waals surface area (Å²) in [6, 6.07) is 19.8. The van der Waals surface area contributed by atoms with Gasteiger partial charge < -0.3 is 14.5 Å². The molecule has 4 rings (SSSR count). The van der Waals surface area contributed by atoms with Crippen LogP contribution in [0.4, 0.5) is 11.4 Å². The van der Waals surface area contributed by atoms with E-state index in [2.05, 4.69) is 9.62 Å². The van der Waals surface area contributed by atoms with Gasteiger partial charge in [-0.15, -0.1) is 0 Å². The van der Waals surface area contributed by atoms with Gasteiger partial charge in [0.1, 0.15) is 5.75 Å². The zero-order valence-electron chi connectivity index (χ0n) is 19.6. The quantitative estimate of drug-likeness (QED) is 0.577. The van der Waals surface area contributed by atoms with Crippen LogP contribution in [0.2, 0.25) is 0 Å². The van der Waals surface area contributed by atoms with Crippen LogP contribution in [0.25, 0.3) is 0 Å². The van der Waals surface area contributed by atoms with Crippen molar-refractivity contribution in [2.24, 2.45) is 0 Å². The standard InChI is InChI=1S/C26H29N3O4S/c1-19-7-8-20(2)25(17-19)34(31,32)27-22-11-9-21(10-12-22)26(30)29-15-13-28(14-16-29)23-5-4-6-24(18-23)33-3/h4-12,17-18,27H,13-16H2,1-3H3. The molecule has 1 amide bonds. The van der Waals surface area contributed by atoms with Gasteiger partial charge in [-0.25, -0.2) is 8.42 Å². The number of aryl methyl sites for hydroxylation is 2. The van der Waals surface area contributed by atoms with Gasteiger partial charge in [0.25, 0.3) is 15.9 Å². The third-order valence-corrected chi connectivity index (χ3v) is 7.53. The molecular formula is C26H29N3O4S. The fourth-order valence-corrected chi connectivity index (χ4v) is 5.43. The highest BCUT2D eigenvalue weighted by atomic mass is 32.2. The summed E-state index contributed by atoms with van der Waals surface area (Å²) in [5, 5.41) is 0. The minimum atomic E-state index is -3.72. The first-order chi connectivity index (χ1) is 16.3. The molecule has 1 aliphatic rings. The average Bonchev–Trinajstić information content (AvgIpc) is 2.85. The van der Waals surface area contributed by atoms with E-state index in [0.717, 1.165) is 30.1 Å². The molecule has 0 aliphatic carbocycles. The summed E-state index contributed by atoms with van der Waals surface area (Å²) in [6.45, 7) is 6.30. The van der Waals surface area contributed by atoms with Crippen LogP contribution >= 0.6 is 0 Å². The van der Waals surface area contributed by atoms with Crippen LogP contribution in [0.3, 0.4) is 0 Å². The molecule has 1 fully saturated rings. The van der Waals surface area contributed by atoms with E-state index in [9.17, 15) is 13.2 Å². The van der Waals surface area contributed by atoms with Crippen molar-refractivity contribution in [3.8, 4) is 5.75 Å². The lowest BCUT2D eigenvalue weighted by Crippen LogP contribution is -2.48. The number of carbonyl (C=O) groups is 1. The molecule has 8 heteroatoms. The van der Waals surface area contributed by atoms with E-state index < -0.39 is 10.0 Å². The Morgan fingerprint density at radius 2 is 1.62 bits per heavy atom. The molecule has 7 nitrogen and oxygen atoms in total. The van der Waals surface area contributed by atoms with Crippen LogP contribution in [0.1, 0.15) is 21.5 Å². The van der Waals surface area contributed by atoms with E-state index in [4.69, 9.17) is 4.74 Å². The molecule has 1 saturated heterocycles. The predicted octanol–water partition coefficient (Wildman–Crippen LogP) is 4.08. The van der Waals surface area contributed by atoms with Crippen LogP contribution in [0, 0.1) is 13.8 Å². The number of piperazine rings is 1. The summed E-state index contributed by atoms with van der Waals surface area (Å²) >= 11 is 0. The highest BCUT2D eigenvalue weighted by Gasteiger charge is 2.23. The Morgan fingerprint density at radius 3 is 2.29 bits per heavy atom. The van der Waals surface area contributed by atoms with Crippen molar-refractivity contribution < 1.29 is 17.9 Å². The molecule has 1 aliphatic heterocycles. The van der Waals surface area contributed by atoms with Crippen molar-refractivity contribution in [1.82, 2.24) is 4.90 Å².